The van der Waals surface area contributed by atoms with Crippen LogP contribution < -0.4 is 5.73 Å². The van der Waals surface area contributed by atoms with Crippen molar-refractivity contribution in [2.75, 3.05) is 5.73 Å². The van der Waals surface area contributed by atoms with Gasteiger partial charge in [-0.15, -0.1) is 0 Å². The number of pyridine rings is 1. The van der Waals surface area contributed by atoms with Crippen LogP contribution in [0.4, 0.5) is 5.82 Å². The van der Waals surface area contributed by atoms with Crippen molar-refractivity contribution in [3.05, 3.63) is 23.4 Å². The minimum Gasteiger partial charge on any atom is -0.481 e. The first kappa shape index (κ1) is 8.52. The molecule has 0 saturated heterocycles. The van der Waals surface area contributed by atoms with E-state index in [1.165, 1.54) is 0 Å². The van der Waals surface area contributed by atoms with Crippen LogP contribution in [-0.4, -0.2) is 16.1 Å². The second-order valence-corrected chi connectivity index (χ2v) is 2.55. The molecule has 3 N–H and O–H groups in total. The summed E-state index contributed by atoms with van der Waals surface area (Å²) in [6.45, 7) is 1.74. The molecule has 1 heterocycles. The predicted octanol–water partition coefficient (Wildman–Crippen LogP) is 0.599. The molecule has 0 radical (unpaired) electrons. The van der Waals surface area contributed by atoms with Gasteiger partial charge in [-0.05, 0) is 18.6 Å². The first-order valence-corrected chi connectivity index (χ1v) is 3.53. The second-order valence-electron chi connectivity index (χ2n) is 2.55. The number of nitrogens with zero attached hydrogens (tertiary/aromatic N) is 1. The third kappa shape index (κ3) is 1.95. The maximum absolute atomic E-state index is 10.3. The number of aryl methyl sites for hydroxylation is 1. The van der Waals surface area contributed by atoms with Gasteiger partial charge in [0.2, 0.25) is 0 Å². The molecule has 0 aliphatic carbocycles. The molecule has 0 saturated carbocycles. The number of hydrogen-bond acceptors (Lipinski definition) is 3. The number of carboxylic acid groups (broad SMARTS) is 1. The molecule has 4 nitrogen and oxygen atoms in total. The molecule has 12 heavy (non-hydrogen) atoms. The summed E-state index contributed by atoms with van der Waals surface area (Å²) in [5.41, 5.74) is 6.78. The Kier molecular flexibility index (Phi) is 2.28. The van der Waals surface area contributed by atoms with E-state index in [1.807, 2.05) is 0 Å². The average molecular weight is 166 g/mol. The zero-order valence-corrected chi connectivity index (χ0v) is 6.74. The minimum atomic E-state index is -0.857. The molecule has 4 heteroatoms. The highest BCUT2D eigenvalue weighted by molar-refractivity contribution is 5.70. The van der Waals surface area contributed by atoms with E-state index >= 15 is 0 Å². The summed E-state index contributed by atoms with van der Waals surface area (Å²) in [5, 5.41) is 8.50. The van der Waals surface area contributed by atoms with Gasteiger partial charge in [0.1, 0.15) is 5.82 Å². The molecule has 0 spiro atoms. The van der Waals surface area contributed by atoms with E-state index in [9.17, 15) is 4.79 Å². The first-order valence-electron chi connectivity index (χ1n) is 3.53. The fraction of sp³-hybridized carbons (Fsp3) is 0.250. The molecule has 0 amide bonds. The normalized spacial score (nSPS) is 9.75. The third-order valence-corrected chi connectivity index (χ3v) is 1.56. The summed E-state index contributed by atoms with van der Waals surface area (Å²) < 4.78 is 0. The molecule has 0 fully saturated rings. The lowest BCUT2D eigenvalue weighted by atomic mass is 10.1. The Morgan fingerprint density at radius 1 is 1.67 bits per heavy atom. The number of carboxylic acids is 1. The lowest BCUT2D eigenvalue weighted by Gasteiger charge is -2.01. The lowest BCUT2D eigenvalue weighted by molar-refractivity contribution is -0.136. The minimum absolute atomic E-state index is 0.000880. The van der Waals surface area contributed by atoms with E-state index in [2.05, 4.69) is 4.98 Å². The Balaban J connectivity index is 2.93. The number of nitrogens with two attached hydrogens (primary N) is 1. The van der Waals surface area contributed by atoms with Crippen molar-refractivity contribution in [1.82, 2.24) is 4.98 Å². The van der Waals surface area contributed by atoms with Gasteiger partial charge < -0.3 is 10.8 Å². The fourth-order valence-electron chi connectivity index (χ4n) is 0.959. The van der Waals surface area contributed by atoms with E-state index in [4.69, 9.17) is 10.8 Å². The topological polar surface area (TPSA) is 76.2 Å². The Hall–Kier alpha value is -1.58. The molecule has 1 aromatic heterocycles. The molecule has 0 aliphatic heterocycles. The molecule has 0 unspecified atom stereocenters. The predicted molar refractivity (Wildman–Crippen MR) is 44.7 cm³/mol. The monoisotopic (exact) mass is 166 g/mol. The van der Waals surface area contributed by atoms with Gasteiger partial charge in [0, 0.05) is 5.69 Å². The highest BCUT2D eigenvalue weighted by Crippen LogP contribution is 2.08. The van der Waals surface area contributed by atoms with Crippen molar-refractivity contribution in [2.45, 2.75) is 13.3 Å². The van der Waals surface area contributed by atoms with Crippen LogP contribution in [0.5, 0.6) is 0 Å². The van der Waals surface area contributed by atoms with Crippen LogP contribution >= 0.6 is 0 Å². The van der Waals surface area contributed by atoms with Crippen molar-refractivity contribution in [1.29, 1.82) is 0 Å². The average Bonchev–Trinajstić information content (AvgIpc) is 1.94. The first-order chi connectivity index (χ1) is 5.59. The van der Waals surface area contributed by atoms with Crippen LogP contribution in [0.25, 0.3) is 0 Å². The molecule has 0 aromatic carbocycles. The van der Waals surface area contributed by atoms with E-state index in [0.29, 0.717) is 17.1 Å². The maximum atomic E-state index is 10.3. The number of aliphatic carboxylic acids is 1. The van der Waals surface area contributed by atoms with Crippen molar-refractivity contribution in [2.24, 2.45) is 0 Å². The van der Waals surface area contributed by atoms with E-state index in [1.54, 1.807) is 19.1 Å². The standard InChI is InChI=1S/C8H10N2O2/c1-5-6(4-8(11)12)2-3-7(9)10-5/h2-3H,4H2,1H3,(H2,9,10)(H,11,12). The smallest absolute Gasteiger partial charge is 0.307 e. The van der Waals surface area contributed by atoms with Crippen LogP contribution in [0, 0.1) is 6.92 Å². The van der Waals surface area contributed by atoms with Gasteiger partial charge in [0.25, 0.3) is 0 Å². The molecule has 1 aromatic rings. The lowest BCUT2D eigenvalue weighted by Crippen LogP contribution is -2.04. The molecule has 64 valence electrons. The van der Waals surface area contributed by atoms with Crippen molar-refractivity contribution in [3.8, 4) is 0 Å². The van der Waals surface area contributed by atoms with Gasteiger partial charge in [-0.3, -0.25) is 4.79 Å². The van der Waals surface area contributed by atoms with Gasteiger partial charge in [-0.1, -0.05) is 6.07 Å². The van der Waals surface area contributed by atoms with Gasteiger partial charge in [0.15, 0.2) is 0 Å². The van der Waals surface area contributed by atoms with Crippen LogP contribution in [0.15, 0.2) is 12.1 Å². The summed E-state index contributed by atoms with van der Waals surface area (Å²) in [6, 6.07) is 3.29. The maximum Gasteiger partial charge on any atom is 0.307 e. The number of anilines is 1. The van der Waals surface area contributed by atoms with E-state index in [0.717, 1.165) is 0 Å². The number of rotatable bonds is 2. The zero-order valence-electron chi connectivity index (χ0n) is 6.74. The number of aromatic nitrogens is 1. The van der Waals surface area contributed by atoms with Gasteiger partial charge in [-0.2, -0.15) is 0 Å². The fourth-order valence-corrected chi connectivity index (χ4v) is 0.959. The van der Waals surface area contributed by atoms with Crippen molar-refractivity contribution < 1.29 is 9.90 Å². The molecule has 1 rings (SSSR count). The molecule has 0 atom stereocenters. The van der Waals surface area contributed by atoms with Crippen LogP contribution in [0.1, 0.15) is 11.3 Å². The molecular formula is C8H10N2O2. The number of carbonyl (C=O) groups is 1. The van der Waals surface area contributed by atoms with Crippen molar-refractivity contribution >= 4 is 11.8 Å². The van der Waals surface area contributed by atoms with Crippen LogP contribution in [-0.2, 0) is 11.2 Å². The van der Waals surface area contributed by atoms with Crippen LogP contribution in [0.2, 0.25) is 0 Å². The Morgan fingerprint density at radius 2 is 2.33 bits per heavy atom. The molecule has 0 aliphatic rings. The Labute approximate surface area is 70.0 Å². The van der Waals surface area contributed by atoms with Gasteiger partial charge >= 0.3 is 5.97 Å². The van der Waals surface area contributed by atoms with Gasteiger partial charge in [0.05, 0.1) is 6.42 Å². The summed E-state index contributed by atoms with van der Waals surface area (Å²) in [5.74, 6) is -0.439. The Bertz CT molecular complexity index is 310. The summed E-state index contributed by atoms with van der Waals surface area (Å²) in [7, 11) is 0. The molecule has 0 bridgehead atoms. The summed E-state index contributed by atoms with van der Waals surface area (Å²) >= 11 is 0. The molecular weight excluding hydrogens is 156 g/mol. The van der Waals surface area contributed by atoms with E-state index < -0.39 is 5.97 Å². The number of hydrogen-bond donors (Lipinski definition) is 2. The van der Waals surface area contributed by atoms with Crippen molar-refractivity contribution in [3.63, 3.8) is 0 Å². The number of nitrogen functional groups attached to an aromatic ring is 1. The highest BCUT2D eigenvalue weighted by Gasteiger charge is 2.04. The quantitative estimate of drug-likeness (QED) is 0.674. The second kappa shape index (κ2) is 3.21. The third-order valence-electron chi connectivity index (χ3n) is 1.56. The zero-order chi connectivity index (χ0) is 9.14. The van der Waals surface area contributed by atoms with E-state index in [-0.39, 0.29) is 6.42 Å². The van der Waals surface area contributed by atoms with Gasteiger partial charge in [-0.25, -0.2) is 4.98 Å². The summed E-state index contributed by atoms with van der Waals surface area (Å²) in [6.07, 6.45) is -0.000880. The SMILES string of the molecule is Cc1nc(N)ccc1CC(=O)O. The van der Waals surface area contributed by atoms with Crippen LogP contribution in [0.3, 0.4) is 0 Å². The highest BCUT2D eigenvalue weighted by atomic mass is 16.4. The largest absolute Gasteiger partial charge is 0.481 e. The Morgan fingerprint density at radius 3 is 2.83 bits per heavy atom. The summed E-state index contributed by atoms with van der Waals surface area (Å²) in [4.78, 5) is 14.3.